The van der Waals surface area contributed by atoms with Gasteiger partial charge in [0.2, 0.25) is 11.8 Å². The number of nitrogens with zero attached hydrogens (tertiary/aromatic N) is 6. The molecule has 9 heteroatoms. The van der Waals surface area contributed by atoms with Gasteiger partial charge in [-0.15, -0.1) is 0 Å². The fraction of sp³-hybridized carbons (Fsp3) is 0.826. The minimum absolute atomic E-state index is 0.00847. The van der Waals surface area contributed by atoms with Crippen LogP contribution in [0, 0.1) is 19.3 Å². The maximum absolute atomic E-state index is 5.73. The number of piperidine rings is 2. The molecule has 3 aliphatic rings. The molecule has 176 valence electrons. The Morgan fingerprint density at radius 2 is 1.12 bits per heavy atom. The van der Waals surface area contributed by atoms with E-state index < -0.39 is 0 Å². The normalized spacial score (nSPS) is 25.5. The van der Waals surface area contributed by atoms with E-state index in [-0.39, 0.29) is 16.2 Å². The quantitative estimate of drug-likeness (QED) is 0.666. The molecule has 2 aromatic rings. The van der Waals surface area contributed by atoms with Gasteiger partial charge >= 0.3 is 0 Å². The molecule has 0 saturated carbocycles. The molecular weight excluding hydrogens is 408 g/mol. The fourth-order valence-corrected chi connectivity index (χ4v) is 5.49. The third kappa shape index (κ3) is 4.22. The molecule has 0 N–H and O–H groups in total. The first kappa shape index (κ1) is 22.0. The van der Waals surface area contributed by atoms with Crippen molar-refractivity contribution in [1.29, 1.82) is 0 Å². The molecule has 0 unspecified atom stereocenters. The number of hydrogen-bond donors (Lipinski definition) is 0. The Bertz CT molecular complexity index is 850. The SMILES string of the molecule is Cc1noc(C2(C)CCN(CC3(CN4CCC(C)(c5nc(C)no5)CC4)COC3)CC2)n1. The highest BCUT2D eigenvalue weighted by Gasteiger charge is 2.45. The van der Waals surface area contributed by atoms with Gasteiger partial charge in [0, 0.05) is 29.3 Å². The molecule has 5 rings (SSSR count). The molecule has 0 radical (unpaired) electrons. The summed E-state index contributed by atoms with van der Waals surface area (Å²) >= 11 is 0. The minimum atomic E-state index is -0.00847. The van der Waals surface area contributed by atoms with Gasteiger partial charge in [-0.05, 0) is 65.7 Å². The fourth-order valence-electron chi connectivity index (χ4n) is 5.49. The lowest BCUT2D eigenvalue weighted by Gasteiger charge is -2.50. The van der Waals surface area contributed by atoms with Gasteiger partial charge in [0.15, 0.2) is 11.6 Å². The number of ether oxygens (including phenoxy) is 1. The predicted octanol–water partition coefficient (Wildman–Crippen LogP) is 2.49. The smallest absolute Gasteiger partial charge is 0.232 e. The molecule has 0 atom stereocenters. The van der Waals surface area contributed by atoms with Crippen LogP contribution in [0.25, 0.3) is 0 Å². The van der Waals surface area contributed by atoms with Crippen molar-refractivity contribution < 1.29 is 13.8 Å². The topological polar surface area (TPSA) is 93.6 Å². The van der Waals surface area contributed by atoms with Gasteiger partial charge in [0.1, 0.15) is 0 Å². The van der Waals surface area contributed by atoms with Crippen LogP contribution in [0.4, 0.5) is 0 Å². The van der Waals surface area contributed by atoms with Crippen molar-refractivity contribution in [1.82, 2.24) is 30.1 Å². The maximum Gasteiger partial charge on any atom is 0.232 e. The number of likely N-dealkylation sites (tertiary alicyclic amines) is 2. The van der Waals surface area contributed by atoms with Crippen LogP contribution in [0.5, 0.6) is 0 Å². The van der Waals surface area contributed by atoms with Crippen LogP contribution in [0.3, 0.4) is 0 Å². The third-order valence-electron chi connectivity index (χ3n) is 7.94. The van der Waals surface area contributed by atoms with Gasteiger partial charge < -0.3 is 23.6 Å². The van der Waals surface area contributed by atoms with Gasteiger partial charge in [0.25, 0.3) is 0 Å². The van der Waals surface area contributed by atoms with E-state index in [9.17, 15) is 0 Å². The standard InChI is InChI=1S/C23H36N6O3/c1-17-24-19(31-26-17)21(3)5-9-28(10-6-21)13-23(15-30-16-23)14-29-11-7-22(4,8-12-29)20-25-18(2)27-32-20/h5-16H2,1-4H3. The number of rotatable bonds is 6. The Morgan fingerprint density at radius 1 is 0.719 bits per heavy atom. The molecule has 32 heavy (non-hydrogen) atoms. The maximum atomic E-state index is 5.73. The summed E-state index contributed by atoms with van der Waals surface area (Å²) in [4.78, 5) is 14.2. The lowest BCUT2D eigenvalue weighted by molar-refractivity contribution is -0.143. The Labute approximate surface area is 189 Å². The predicted molar refractivity (Wildman–Crippen MR) is 117 cm³/mol. The van der Waals surface area contributed by atoms with Crippen molar-refractivity contribution >= 4 is 0 Å². The Morgan fingerprint density at radius 3 is 1.41 bits per heavy atom. The zero-order valence-electron chi connectivity index (χ0n) is 19.9. The van der Waals surface area contributed by atoms with Gasteiger partial charge in [-0.1, -0.05) is 24.2 Å². The van der Waals surface area contributed by atoms with Gasteiger partial charge in [-0.2, -0.15) is 9.97 Å². The van der Waals surface area contributed by atoms with Crippen molar-refractivity contribution in [3.8, 4) is 0 Å². The molecular formula is C23H36N6O3. The van der Waals surface area contributed by atoms with E-state index in [4.69, 9.17) is 13.8 Å². The largest absolute Gasteiger partial charge is 0.380 e. The molecule has 5 heterocycles. The van der Waals surface area contributed by atoms with Crippen molar-refractivity contribution in [3.05, 3.63) is 23.4 Å². The lowest BCUT2D eigenvalue weighted by Crippen LogP contribution is -2.59. The van der Waals surface area contributed by atoms with E-state index in [1.807, 2.05) is 13.8 Å². The molecule has 0 amide bonds. The van der Waals surface area contributed by atoms with Crippen LogP contribution >= 0.6 is 0 Å². The average Bonchev–Trinajstić information content (AvgIpc) is 3.39. The molecule has 0 spiro atoms. The van der Waals surface area contributed by atoms with E-state index in [1.54, 1.807) is 0 Å². The zero-order chi connectivity index (χ0) is 22.4. The highest BCUT2D eigenvalue weighted by atomic mass is 16.5. The summed E-state index contributed by atoms with van der Waals surface area (Å²) in [5, 5.41) is 8.00. The van der Waals surface area contributed by atoms with E-state index in [1.165, 1.54) is 0 Å². The second kappa shape index (κ2) is 8.18. The third-order valence-corrected chi connectivity index (χ3v) is 7.94. The first-order valence-electron chi connectivity index (χ1n) is 11.9. The first-order chi connectivity index (χ1) is 15.3. The Balaban J connectivity index is 1.15. The van der Waals surface area contributed by atoms with Crippen molar-refractivity contribution in [3.63, 3.8) is 0 Å². The van der Waals surface area contributed by atoms with Crippen LogP contribution in [0.2, 0.25) is 0 Å². The van der Waals surface area contributed by atoms with Crippen molar-refractivity contribution in [2.24, 2.45) is 5.41 Å². The molecule has 3 saturated heterocycles. The summed E-state index contributed by atoms with van der Waals surface area (Å²) < 4.78 is 16.7. The highest BCUT2D eigenvalue weighted by Crippen LogP contribution is 2.39. The molecule has 0 aliphatic carbocycles. The summed E-state index contributed by atoms with van der Waals surface area (Å²) in [6, 6.07) is 0. The van der Waals surface area contributed by atoms with E-state index >= 15 is 0 Å². The van der Waals surface area contributed by atoms with Crippen LogP contribution in [-0.4, -0.2) is 82.6 Å². The van der Waals surface area contributed by atoms with E-state index in [2.05, 4.69) is 43.9 Å². The number of aryl methyl sites for hydroxylation is 2. The molecule has 3 aliphatic heterocycles. The van der Waals surface area contributed by atoms with E-state index in [0.29, 0.717) is 0 Å². The molecule has 3 fully saturated rings. The zero-order valence-corrected chi connectivity index (χ0v) is 19.9. The van der Waals surface area contributed by atoms with Crippen molar-refractivity contribution in [2.45, 2.75) is 64.2 Å². The molecule has 9 nitrogen and oxygen atoms in total. The lowest BCUT2D eigenvalue weighted by atomic mass is 9.77. The molecule has 0 aromatic carbocycles. The summed E-state index contributed by atoms with van der Waals surface area (Å²) in [5.74, 6) is 3.04. The van der Waals surface area contributed by atoms with Crippen LogP contribution in [0.15, 0.2) is 9.05 Å². The van der Waals surface area contributed by atoms with Crippen LogP contribution in [0.1, 0.15) is 63.0 Å². The van der Waals surface area contributed by atoms with Gasteiger partial charge in [-0.25, -0.2) is 0 Å². The average molecular weight is 445 g/mol. The van der Waals surface area contributed by atoms with Crippen LogP contribution in [-0.2, 0) is 15.6 Å². The first-order valence-corrected chi connectivity index (χ1v) is 11.9. The number of hydrogen-bond acceptors (Lipinski definition) is 9. The van der Waals surface area contributed by atoms with E-state index in [0.717, 1.165) is 102 Å². The Kier molecular flexibility index (Phi) is 5.62. The van der Waals surface area contributed by atoms with Crippen molar-refractivity contribution in [2.75, 3.05) is 52.5 Å². The highest BCUT2D eigenvalue weighted by molar-refractivity contribution is 5.07. The van der Waals surface area contributed by atoms with Gasteiger partial charge in [-0.3, -0.25) is 0 Å². The summed E-state index contributed by atoms with van der Waals surface area (Å²) in [5.41, 5.74) is 0.223. The second-order valence-electron chi connectivity index (χ2n) is 11.0. The minimum Gasteiger partial charge on any atom is -0.380 e. The Hall–Kier alpha value is -1.84. The summed E-state index contributed by atoms with van der Waals surface area (Å²) in [6.07, 6.45) is 4.21. The van der Waals surface area contributed by atoms with Gasteiger partial charge in [0.05, 0.1) is 13.2 Å². The second-order valence-corrected chi connectivity index (χ2v) is 11.0. The summed E-state index contributed by atoms with van der Waals surface area (Å²) in [6.45, 7) is 16.5. The summed E-state index contributed by atoms with van der Waals surface area (Å²) in [7, 11) is 0. The monoisotopic (exact) mass is 444 g/mol. The molecule has 2 aromatic heterocycles. The van der Waals surface area contributed by atoms with Crippen LogP contribution < -0.4 is 0 Å². The number of aromatic nitrogens is 4. The molecule has 0 bridgehead atoms.